The number of nitrogens with one attached hydrogen (secondary N) is 1. The molecule has 0 amide bonds. The third-order valence-corrected chi connectivity index (χ3v) is 3.99. The van der Waals surface area contributed by atoms with Crippen molar-refractivity contribution >= 4 is 0 Å². The summed E-state index contributed by atoms with van der Waals surface area (Å²) in [6.45, 7) is 3.14. The van der Waals surface area contributed by atoms with Gasteiger partial charge in [0.15, 0.2) is 0 Å². The summed E-state index contributed by atoms with van der Waals surface area (Å²) in [6.07, 6.45) is 10.2. The van der Waals surface area contributed by atoms with Crippen LogP contribution in [0.5, 0.6) is 0 Å². The van der Waals surface area contributed by atoms with Crippen molar-refractivity contribution in [2.45, 2.75) is 58.0 Å². The monoisotopic (exact) mass is 236 g/mol. The molecule has 0 aromatic carbocycles. The van der Waals surface area contributed by atoms with Gasteiger partial charge in [0.05, 0.1) is 6.54 Å². The van der Waals surface area contributed by atoms with Crippen molar-refractivity contribution in [1.82, 2.24) is 20.1 Å². The van der Waals surface area contributed by atoms with Gasteiger partial charge in [-0.2, -0.15) is 0 Å². The molecule has 0 bridgehead atoms. The Morgan fingerprint density at radius 1 is 1.35 bits per heavy atom. The Morgan fingerprint density at radius 3 is 2.65 bits per heavy atom. The fourth-order valence-electron chi connectivity index (χ4n) is 2.70. The molecule has 1 aliphatic rings. The van der Waals surface area contributed by atoms with Gasteiger partial charge in [0.25, 0.3) is 0 Å². The molecule has 1 saturated carbocycles. The van der Waals surface area contributed by atoms with E-state index < -0.39 is 0 Å². The van der Waals surface area contributed by atoms with Gasteiger partial charge in [-0.15, -0.1) is 10.2 Å². The van der Waals surface area contributed by atoms with E-state index in [1.165, 1.54) is 38.5 Å². The molecule has 1 heterocycles. The maximum Gasteiger partial charge on any atom is 0.146 e. The van der Waals surface area contributed by atoms with Gasteiger partial charge in [0.1, 0.15) is 12.2 Å². The first kappa shape index (κ1) is 12.6. The van der Waals surface area contributed by atoms with Crippen molar-refractivity contribution in [1.29, 1.82) is 0 Å². The fraction of sp³-hybridized carbons (Fsp3) is 0.846. The number of nitrogens with zero attached hydrogens (tertiary/aromatic N) is 3. The second-order valence-corrected chi connectivity index (χ2v) is 5.28. The highest BCUT2D eigenvalue weighted by atomic mass is 15.3. The van der Waals surface area contributed by atoms with Crippen LogP contribution in [0.25, 0.3) is 0 Å². The van der Waals surface area contributed by atoms with Crippen LogP contribution in [0.3, 0.4) is 0 Å². The summed E-state index contributed by atoms with van der Waals surface area (Å²) >= 11 is 0. The van der Waals surface area contributed by atoms with Crippen molar-refractivity contribution in [3.05, 3.63) is 12.2 Å². The van der Waals surface area contributed by atoms with E-state index in [1.54, 1.807) is 6.33 Å². The first-order valence-electron chi connectivity index (χ1n) is 6.83. The van der Waals surface area contributed by atoms with Crippen LogP contribution in [0.2, 0.25) is 0 Å². The Hall–Kier alpha value is -0.900. The summed E-state index contributed by atoms with van der Waals surface area (Å²) in [5.74, 6) is 1.86. The van der Waals surface area contributed by atoms with Crippen molar-refractivity contribution in [3.63, 3.8) is 0 Å². The molecule has 2 rings (SSSR count). The molecule has 1 aromatic heterocycles. The lowest BCUT2D eigenvalue weighted by atomic mass is 9.93. The Kier molecular flexibility index (Phi) is 4.54. The lowest BCUT2D eigenvalue weighted by Gasteiger charge is -2.23. The normalized spacial score (nSPS) is 20.1. The number of hydrogen-bond donors (Lipinski definition) is 1. The quantitative estimate of drug-likeness (QED) is 0.815. The SMILES string of the molecule is C[C@H](NCc1nncn1C)C1CCCCCC1. The zero-order valence-electron chi connectivity index (χ0n) is 11.0. The van der Waals surface area contributed by atoms with E-state index in [9.17, 15) is 0 Å². The van der Waals surface area contributed by atoms with E-state index in [0.29, 0.717) is 6.04 Å². The van der Waals surface area contributed by atoms with E-state index in [4.69, 9.17) is 0 Å². The zero-order valence-corrected chi connectivity index (χ0v) is 11.0. The topological polar surface area (TPSA) is 42.7 Å². The molecule has 1 N–H and O–H groups in total. The molecule has 0 aliphatic heterocycles. The fourth-order valence-corrected chi connectivity index (χ4v) is 2.70. The van der Waals surface area contributed by atoms with Gasteiger partial charge in [-0.25, -0.2) is 0 Å². The average molecular weight is 236 g/mol. The van der Waals surface area contributed by atoms with Gasteiger partial charge in [0, 0.05) is 13.1 Å². The third kappa shape index (κ3) is 3.53. The van der Waals surface area contributed by atoms with Crippen LogP contribution < -0.4 is 5.32 Å². The summed E-state index contributed by atoms with van der Waals surface area (Å²) in [5, 5.41) is 11.6. The predicted octanol–water partition coefficient (Wildman–Crippen LogP) is 2.26. The molecule has 1 aromatic rings. The molecular weight excluding hydrogens is 212 g/mol. The molecule has 0 unspecified atom stereocenters. The molecule has 4 nitrogen and oxygen atoms in total. The number of aromatic nitrogens is 3. The van der Waals surface area contributed by atoms with Gasteiger partial charge >= 0.3 is 0 Å². The van der Waals surface area contributed by atoms with Crippen LogP contribution in [-0.4, -0.2) is 20.8 Å². The summed E-state index contributed by atoms with van der Waals surface area (Å²) < 4.78 is 1.98. The average Bonchev–Trinajstić information content (AvgIpc) is 2.58. The molecular formula is C13H24N4. The van der Waals surface area contributed by atoms with Crippen LogP contribution in [0.1, 0.15) is 51.3 Å². The second-order valence-electron chi connectivity index (χ2n) is 5.28. The van der Waals surface area contributed by atoms with Gasteiger partial charge in [-0.05, 0) is 25.7 Å². The molecule has 4 heteroatoms. The van der Waals surface area contributed by atoms with Crippen molar-refractivity contribution in [2.24, 2.45) is 13.0 Å². The smallest absolute Gasteiger partial charge is 0.146 e. The van der Waals surface area contributed by atoms with E-state index in [1.807, 2.05) is 11.6 Å². The Morgan fingerprint density at radius 2 is 2.06 bits per heavy atom. The standard InChI is InChI=1S/C13H24N4/c1-11(12-7-5-3-4-6-8-12)14-9-13-16-15-10-17(13)2/h10-12,14H,3-9H2,1-2H3/t11-/m0/s1. The second kappa shape index (κ2) is 6.15. The molecule has 96 valence electrons. The van der Waals surface area contributed by atoms with Crippen LogP contribution in [-0.2, 0) is 13.6 Å². The predicted molar refractivity (Wildman–Crippen MR) is 68.5 cm³/mol. The Bertz CT molecular complexity index is 326. The van der Waals surface area contributed by atoms with E-state index >= 15 is 0 Å². The lowest BCUT2D eigenvalue weighted by molar-refractivity contribution is 0.333. The maximum absolute atomic E-state index is 4.10. The summed E-state index contributed by atoms with van der Waals surface area (Å²) in [7, 11) is 1.99. The van der Waals surface area contributed by atoms with Crippen LogP contribution in [0, 0.1) is 5.92 Å². The van der Waals surface area contributed by atoms with E-state index in [0.717, 1.165) is 18.3 Å². The van der Waals surface area contributed by atoms with Crippen LogP contribution >= 0.6 is 0 Å². The first-order valence-corrected chi connectivity index (χ1v) is 6.83. The van der Waals surface area contributed by atoms with Gasteiger partial charge in [-0.3, -0.25) is 0 Å². The van der Waals surface area contributed by atoms with Gasteiger partial charge < -0.3 is 9.88 Å². The Labute approximate surface area is 104 Å². The van der Waals surface area contributed by atoms with Crippen LogP contribution in [0.4, 0.5) is 0 Å². The first-order chi connectivity index (χ1) is 8.27. The summed E-state index contributed by atoms with van der Waals surface area (Å²) in [5.41, 5.74) is 0. The Balaban J connectivity index is 1.80. The molecule has 1 atom stereocenters. The summed E-state index contributed by atoms with van der Waals surface area (Å²) in [6, 6.07) is 0.588. The van der Waals surface area contributed by atoms with Crippen molar-refractivity contribution in [3.8, 4) is 0 Å². The third-order valence-electron chi connectivity index (χ3n) is 3.99. The lowest BCUT2D eigenvalue weighted by Crippen LogP contribution is -2.33. The molecule has 0 spiro atoms. The summed E-state index contributed by atoms with van der Waals surface area (Å²) in [4.78, 5) is 0. The molecule has 0 saturated heterocycles. The minimum Gasteiger partial charge on any atom is -0.320 e. The highest BCUT2D eigenvalue weighted by Crippen LogP contribution is 2.25. The minimum absolute atomic E-state index is 0.588. The highest BCUT2D eigenvalue weighted by molar-refractivity contribution is 4.85. The molecule has 17 heavy (non-hydrogen) atoms. The van der Waals surface area contributed by atoms with E-state index in [2.05, 4.69) is 22.4 Å². The largest absolute Gasteiger partial charge is 0.320 e. The maximum atomic E-state index is 4.10. The molecule has 1 aliphatic carbocycles. The number of hydrogen-bond acceptors (Lipinski definition) is 3. The number of rotatable bonds is 4. The van der Waals surface area contributed by atoms with Crippen molar-refractivity contribution in [2.75, 3.05) is 0 Å². The minimum atomic E-state index is 0.588. The van der Waals surface area contributed by atoms with Crippen LogP contribution in [0.15, 0.2) is 6.33 Å². The van der Waals surface area contributed by atoms with Gasteiger partial charge in [-0.1, -0.05) is 25.7 Å². The van der Waals surface area contributed by atoms with E-state index in [-0.39, 0.29) is 0 Å². The van der Waals surface area contributed by atoms with Crippen molar-refractivity contribution < 1.29 is 0 Å². The molecule has 0 radical (unpaired) electrons. The highest BCUT2D eigenvalue weighted by Gasteiger charge is 2.18. The zero-order chi connectivity index (χ0) is 12.1. The van der Waals surface area contributed by atoms with Gasteiger partial charge in [0.2, 0.25) is 0 Å². The number of aryl methyl sites for hydroxylation is 1. The molecule has 1 fully saturated rings.